The van der Waals surface area contributed by atoms with Crippen LogP contribution in [0.4, 0.5) is 26.3 Å². The molecule has 29 heavy (non-hydrogen) atoms. The van der Waals surface area contributed by atoms with Crippen LogP contribution < -0.4 is 0 Å². The maximum Gasteiger partial charge on any atom is 0.417 e. The molecule has 2 heterocycles. The standard InChI is InChI=1S/C22H19F6N/c23-21(24,25)18-7-4-8-19(22(26,27)28)20(18)15-11-16-9-10-17(12-15)29(16)13-14-5-2-1-3-6-14/h1-8,11,16-17H,9-10,12-13H2. The predicted octanol–water partition coefficient (Wildman–Crippen LogP) is 6.54. The first-order valence-electron chi connectivity index (χ1n) is 9.43. The van der Waals surface area contributed by atoms with Crippen molar-refractivity contribution in [3.8, 4) is 0 Å². The average molecular weight is 411 g/mol. The lowest BCUT2D eigenvalue weighted by atomic mass is 9.87. The molecule has 0 aliphatic carbocycles. The van der Waals surface area contributed by atoms with Crippen LogP contribution in [0.2, 0.25) is 0 Å². The summed E-state index contributed by atoms with van der Waals surface area (Å²) in [6, 6.07) is 11.8. The fourth-order valence-electron chi connectivity index (χ4n) is 4.51. The topological polar surface area (TPSA) is 3.24 Å². The molecular weight excluding hydrogens is 392 g/mol. The number of hydrogen-bond donors (Lipinski definition) is 0. The van der Waals surface area contributed by atoms with E-state index in [1.807, 2.05) is 30.3 Å². The Morgan fingerprint density at radius 1 is 0.793 bits per heavy atom. The number of hydrogen-bond acceptors (Lipinski definition) is 1. The van der Waals surface area contributed by atoms with Crippen LogP contribution in [-0.4, -0.2) is 17.0 Å². The van der Waals surface area contributed by atoms with Crippen LogP contribution in [0.15, 0.2) is 54.6 Å². The zero-order chi connectivity index (χ0) is 20.8. The molecule has 0 N–H and O–H groups in total. The summed E-state index contributed by atoms with van der Waals surface area (Å²) >= 11 is 0. The number of nitrogens with zero attached hydrogens (tertiary/aromatic N) is 1. The highest BCUT2D eigenvalue weighted by Crippen LogP contribution is 2.47. The van der Waals surface area contributed by atoms with E-state index < -0.39 is 29.0 Å². The monoisotopic (exact) mass is 411 g/mol. The molecule has 4 rings (SSSR count). The van der Waals surface area contributed by atoms with E-state index in [1.54, 1.807) is 6.08 Å². The molecule has 0 spiro atoms. The summed E-state index contributed by atoms with van der Waals surface area (Å²) in [6.07, 6.45) is -6.41. The maximum absolute atomic E-state index is 13.5. The molecular formula is C22H19F6N. The molecule has 2 aromatic carbocycles. The predicted molar refractivity (Wildman–Crippen MR) is 97.8 cm³/mol. The molecule has 2 unspecified atom stereocenters. The molecule has 2 bridgehead atoms. The van der Waals surface area contributed by atoms with Crippen molar-refractivity contribution in [2.45, 2.75) is 50.2 Å². The Bertz CT molecular complexity index is 881. The van der Waals surface area contributed by atoms with Crippen LogP contribution in [0, 0.1) is 0 Å². The van der Waals surface area contributed by atoms with Gasteiger partial charge in [-0.3, -0.25) is 4.90 Å². The summed E-state index contributed by atoms with van der Waals surface area (Å²) in [7, 11) is 0. The van der Waals surface area contributed by atoms with Gasteiger partial charge in [0.25, 0.3) is 0 Å². The molecule has 0 amide bonds. The molecule has 0 saturated carbocycles. The minimum Gasteiger partial charge on any atom is -0.289 e. The molecule has 1 saturated heterocycles. The molecule has 7 heteroatoms. The number of halogens is 6. The van der Waals surface area contributed by atoms with Crippen molar-refractivity contribution in [1.82, 2.24) is 4.90 Å². The van der Waals surface area contributed by atoms with E-state index in [0.717, 1.165) is 36.6 Å². The van der Waals surface area contributed by atoms with Crippen molar-refractivity contribution in [2.75, 3.05) is 0 Å². The normalized spacial score (nSPS) is 22.6. The van der Waals surface area contributed by atoms with Gasteiger partial charge in [0, 0.05) is 24.2 Å². The van der Waals surface area contributed by atoms with Gasteiger partial charge in [0.1, 0.15) is 0 Å². The quantitative estimate of drug-likeness (QED) is 0.518. The molecule has 0 aromatic heterocycles. The van der Waals surface area contributed by atoms with Gasteiger partial charge in [0.15, 0.2) is 0 Å². The second-order valence-corrected chi connectivity index (χ2v) is 7.58. The lowest BCUT2D eigenvalue weighted by molar-refractivity contribution is -0.143. The molecule has 2 aliphatic rings. The van der Waals surface area contributed by atoms with E-state index in [2.05, 4.69) is 4.90 Å². The lowest BCUT2D eigenvalue weighted by Gasteiger charge is -2.35. The van der Waals surface area contributed by atoms with Crippen LogP contribution in [0.25, 0.3) is 5.57 Å². The summed E-state index contributed by atoms with van der Waals surface area (Å²) < 4.78 is 81.2. The van der Waals surface area contributed by atoms with Gasteiger partial charge < -0.3 is 0 Å². The zero-order valence-corrected chi connectivity index (χ0v) is 15.4. The average Bonchev–Trinajstić information content (AvgIpc) is 2.88. The molecule has 1 fully saturated rings. The van der Waals surface area contributed by atoms with Crippen LogP contribution in [0.5, 0.6) is 0 Å². The highest BCUT2D eigenvalue weighted by Gasteiger charge is 2.44. The van der Waals surface area contributed by atoms with Crippen LogP contribution in [0.3, 0.4) is 0 Å². The van der Waals surface area contributed by atoms with E-state index in [4.69, 9.17) is 0 Å². The number of alkyl halides is 6. The van der Waals surface area contributed by atoms with Crippen LogP contribution >= 0.6 is 0 Å². The highest BCUT2D eigenvalue weighted by molar-refractivity contribution is 5.74. The summed E-state index contributed by atoms with van der Waals surface area (Å²) in [5.41, 5.74) is -1.90. The Labute approximate surface area is 164 Å². The number of rotatable bonds is 3. The van der Waals surface area contributed by atoms with E-state index in [9.17, 15) is 26.3 Å². The first-order chi connectivity index (χ1) is 13.6. The molecule has 2 aliphatic heterocycles. The van der Waals surface area contributed by atoms with Gasteiger partial charge >= 0.3 is 12.4 Å². The third-order valence-electron chi connectivity index (χ3n) is 5.74. The first kappa shape index (κ1) is 20.0. The van der Waals surface area contributed by atoms with Crippen molar-refractivity contribution in [3.63, 3.8) is 0 Å². The third kappa shape index (κ3) is 3.92. The van der Waals surface area contributed by atoms with Gasteiger partial charge in [-0.1, -0.05) is 42.5 Å². The van der Waals surface area contributed by atoms with Gasteiger partial charge in [-0.2, -0.15) is 26.3 Å². The van der Waals surface area contributed by atoms with E-state index in [-0.39, 0.29) is 24.1 Å². The minimum atomic E-state index is -4.85. The second-order valence-electron chi connectivity index (χ2n) is 7.58. The summed E-state index contributed by atoms with van der Waals surface area (Å²) in [4.78, 5) is 2.18. The summed E-state index contributed by atoms with van der Waals surface area (Å²) in [6.45, 7) is 0.632. The Hall–Kier alpha value is -2.28. The van der Waals surface area contributed by atoms with Gasteiger partial charge in [-0.05, 0) is 42.5 Å². The van der Waals surface area contributed by atoms with Gasteiger partial charge in [-0.25, -0.2) is 0 Å². The Kier molecular flexibility index (Phi) is 4.97. The van der Waals surface area contributed by atoms with Gasteiger partial charge in [0.05, 0.1) is 11.1 Å². The molecule has 0 radical (unpaired) electrons. The number of benzene rings is 2. The van der Waals surface area contributed by atoms with Crippen molar-refractivity contribution < 1.29 is 26.3 Å². The van der Waals surface area contributed by atoms with Gasteiger partial charge in [-0.15, -0.1) is 0 Å². The van der Waals surface area contributed by atoms with Crippen molar-refractivity contribution >= 4 is 5.57 Å². The summed E-state index contributed by atoms with van der Waals surface area (Å²) in [5, 5.41) is 0. The maximum atomic E-state index is 13.5. The molecule has 2 atom stereocenters. The number of fused-ring (bicyclic) bond motifs is 2. The highest BCUT2D eigenvalue weighted by atomic mass is 19.4. The zero-order valence-electron chi connectivity index (χ0n) is 15.4. The molecule has 1 nitrogen and oxygen atoms in total. The van der Waals surface area contributed by atoms with E-state index in [0.29, 0.717) is 6.54 Å². The van der Waals surface area contributed by atoms with Crippen LogP contribution in [-0.2, 0) is 18.9 Å². The van der Waals surface area contributed by atoms with Crippen molar-refractivity contribution in [1.29, 1.82) is 0 Å². The summed E-state index contributed by atoms with van der Waals surface area (Å²) in [5.74, 6) is 0. The van der Waals surface area contributed by atoms with Gasteiger partial charge in [0.2, 0.25) is 0 Å². The minimum absolute atomic E-state index is 0.0671. The fraction of sp³-hybridized carbons (Fsp3) is 0.364. The second kappa shape index (κ2) is 7.20. The Balaban J connectivity index is 1.74. The molecule has 154 valence electrons. The fourth-order valence-corrected chi connectivity index (χ4v) is 4.51. The van der Waals surface area contributed by atoms with Crippen LogP contribution in [0.1, 0.15) is 41.5 Å². The Morgan fingerprint density at radius 2 is 1.41 bits per heavy atom. The molecule has 2 aromatic rings. The smallest absolute Gasteiger partial charge is 0.289 e. The lowest BCUT2D eigenvalue weighted by Crippen LogP contribution is -2.38. The third-order valence-corrected chi connectivity index (χ3v) is 5.74. The SMILES string of the molecule is FC(F)(F)c1cccc(C(F)(F)F)c1C1=CC2CCC(C1)N2Cc1ccccc1. The van der Waals surface area contributed by atoms with E-state index >= 15 is 0 Å². The largest absolute Gasteiger partial charge is 0.417 e. The van der Waals surface area contributed by atoms with Crippen molar-refractivity contribution in [3.05, 3.63) is 76.9 Å². The Morgan fingerprint density at radius 3 is 1.97 bits per heavy atom. The first-order valence-corrected chi connectivity index (χ1v) is 9.43. The van der Waals surface area contributed by atoms with Crippen molar-refractivity contribution in [2.24, 2.45) is 0 Å². The van der Waals surface area contributed by atoms with E-state index in [1.165, 1.54) is 0 Å².